The highest BCUT2D eigenvalue weighted by molar-refractivity contribution is 9.10. The van der Waals surface area contributed by atoms with Gasteiger partial charge in [0.1, 0.15) is 0 Å². The molecule has 19 heavy (non-hydrogen) atoms. The lowest BCUT2D eigenvalue weighted by Gasteiger charge is -2.36. The standard InChI is InChI=1S/C16H22BrNO/c17-15-5-3-13(4-6-15)14-9-16(10-14)18-7-8-19-11-12-1-2-12/h3-6,12,14,16,18H,1-2,7-11H2. The molecular formula is C16H22BrNO. The first-order valence-electron chi connectivity index (χ1n) is 7.38. The van der Waals surface area contributed by atoms with E-state index in [-0.39, 0.29) is 0 Å². The Kier molecular flexibility index (Phi) is 4.57. The average molecular weight is 324 g/mol. The van der Waals surface area contributed by atoms with E-state index in [9.17, 15) is 0 Å². The molecule has 0 unspecified atom stereocenters. The van der Waals surface area contributed by atoms with Crippen molar-refractivity contribution in [1.82, 2.24) is 5.32 Å². The summed E-state index contributed by atoms with van der Waals surface area (Å²) in [6.07, 6.45) is 5.30. The van der Waals surface area contributed by atoms with Gasteiger partial charge in [-0.1, -0.05) is 28.1 Å². The molecular weight excluding hydrogens is 302 g/mol. The van der Waals surface area contributed by atoms with Gasteiger partial charge in [-0.15, -0.1) is 0 Å². The number of nitrogens with one attached hydrogen (secondary N) is 1. The van der Waals surface area contributed by atoms with Crippen LogP contribution in [0.1, 0.15) is 37.2 Å². The van der Waals surface area contributed by atoms with E-state index in [1.54, 1.807) is 0 Å². The van der Waals surface area contributed by atoms with Crippen molar-refractivity contribution in [1.29, 1.82) is 0 Å². The molecule has 0 bridgehead atoms. The number of benzene rings is 1. The molecule has 2 saturated carbocycles. The maximum Gasteiger partial charge on any atom is 0.0591 e. The van der Waals surface area contributed by atoms with Crippen LogP contribution in [-0.2, 0) is 4.74 Å². The molecule has 104 valence electrons. The van der Waals surface area contributed by atoms with Crippen molar-refractivity contribution in [2.45, 2.75) is 37.6 Å². The zero-order valence-electron chi connectivity index (χ0n) is 11.3. The first kappa shape index (κ1) is 13.6. The predicted molar refractivity (Wildman–Crippen MR) is 81.5 cm³/mol. The zero-order valence-corrected chi connectivity index (χ0v) is 12.9. The summed E-state index contributed by atoms with van der Waals surface area (Å²) >= 11 is 3.48. The second kappa shape index (κ2) is 6.38. The maximum absolute atomic E-state index is 5.63. The van der Waals surface area contributed by atoms with Gasteiger partial charge in [-0.3, -0.25) is 0 Å². The molecule has 0 aliphatic heterocycles. The second-order valence-corrected chi connectivity index (χ2v) is 6.80. The van der Waals surface area contributed by atoms with Crippen LogP contribution in [0.3, 0.4) is 0 Å². The predicted octanol–water partition coefficient (Wildman–Crippen LogP) is 3.71. The largest absolute Gasteiger partial charge is 0.380 e. The molecule has 0 aromatic heterocycles. The van der Waals surface area contributed by atoms with E-state index >= 15 is 0 Å². The van der Waals surface area contributed by atoms with Crippen molar-refractivity contribution in [2.75, 3.05) is 19.8 Å². The molecule has 0 atom stereocenters. The van der Waals surface area contributed by atoms with Crippen LogP contribution in [0.5, 0.6) is 0 Å². The zero-order chi connectivity index (χ0) is 13.1. The number of halogens is 1. The van der Waals surface area contributed by atoms with Gasteiger partial charge in [0, 0.05) is 23.7 Å². The first-order valence-corrected chi connectivity index (χ1v) is 8.17. The lowest BCUT2D eigenvalue weighted by molar-refractivity contribution is 0.120. The van der Waals surface area contributed by atoms with Gasteiger partial charge in [0.05, 0.1) is 6.61 Å². The fourth-order valence-electron chi connectivity index (χ4n) is 2.66. The van der Waals surface area contributed by atoms with Crippen molar-refractivity contribution < 1.29 is 4.74 Å². The Labute approximate surface area is 124 Å². The topological polar surface area (TPSA) is 21.3 Å². The average Bonchev–Trinajstić information content (AvgIpc) is 3.17. The summed E-state index contributed by atoms with van der Waals surface area (Å²) in [5.41, 5.74) is 1.48. The quantitative estimate of drug-likeness (QED) is 0.772. The molecule has 0 amide bonds. The van der Waals surface area contributed by atoms with Crippen molar-refractivity contribution in [2.24, 2.45) is 5.92 Å². The first-order chi connectivity index (χ1) is 9.31. The van der Waals surface area contributed by atoms with E-state index in [1.165, 1.54) is 31.2 Å². The molecule has 3 rings (SSSR count). The molecule has 0 saturated heterocycles. The third kappa shape index (κ3) is 4.04. The van der Waals surface area contributed by atoms with Crippen LogP contribution in [0.15, 0.2) is 28.7 Å². The Morgan fingerprint density at radius 3 is 2.58 bits per heavy atom. The number of ether oxygens (including phenoxy) is 1. The smallest absolute Gasteiger partial charge is 0.0591 e. The Bertz CT molecular complexity index is 396. The van der Waals surface area contributed by atoms with Gasteiger partial charge in [0.2, 0.25) is 0 Å². The van der Waals surface area contributed by atoms with Gasteiger partial charge in [-0.05, 0) is 55.2 Å². The molecule has 1 aromatic rings. The van der Waals surface area contributed by atoms with E-state index < -0.39 is 0 Å². The second-order valence-electron chi connectivity index (χ2n) is 5.89. The van der Waals surface area contributed by atoms with Crippen LogP contribution in [0.25, 0.3) is 0 Å². The SMILES string of the molecule is Brc1ccc(C2CC(NCCOCC3CC3)C2)cc1. The van der Waals surface area contributed by atoms with Crippen LogP contribution in [0.4, 0.5) is 0 Å². The molecule has 1 N–H and O–H groups in total. The van der Waals surface area contributed by atoms with Crippen LogP contribution in [-0.4, -0.2) is 25.8 Å². The van der Waals surface area contributed by atoms with E-state index in [0.717, 1.165) is 36.1 Å². The summed E-state index contributed by atoms with van der Waals surface area (Å²) in [4.78, 5) is 0. The molecule has 2 aliphatic rings. The summed E-state index contributed by atoms with van der Waals surface area (Å²) in [6.45, 7) is 2.86. The minimum atomic E-state index is 0.693. The lowest BCUT2D eigenvalue weighted by Crippen LogP contribution is -2.41. The summed E-state index contributed by atoms with van der Waals surface area (Å²) in [6, 6.07) is 9.45. The molecule has 0 radical (unpaired) electrons. The summed E-state index contributed by atoms with van der Waals surface area (Å²) in [5.74, 6) is 1.63. The lowest BCUT2D eigenvalue weighted by atomic mass is 9.76. The van der Waals surface area contributed by atoms with Crippen molar-refractivity contribution in [3.05, 3.63) is 34.3 Å². The van der Waals surface area contributed by atoms with Gasteiger partial charge >= 0.3 is 0 Å². The van der Waals surface area contributed by atoms with Crippen molar-refractivity contribution in [3.63, 3.8) is 0 Å². The monoisotopic (exact) mass is 323 g/mol. The van der Waals surface area contributed by atoms with Gasteiger partial charge in [0.25, 0.3) is 0 Å². The fraction of sp³-hybridized carbons (Fsp3) is 0.625. The van der Waals surface area contributed by atoms with Crippen LogP contribution in [0, 0.1) is 5.92 Å². The van der Waals surface area contributed by atoms with Crippen LogP contribution in [0.2, 0.25) is 0 Å². The highest BCUT2D eigenvalue weighted by atomic mass is 79.9. The van der Waals surface area contributed by atoms with Crippen LogP contribution >= 0.6 is 15.9 Å². The molecule has 2 nitrogen and oxygen atoms in total. The third-order valence-electron chi connectivity index (χ3n) is 4.21. The molecule has 1 aromatic carbocycles. The molecule has 3 heteroatoms. The molecule has 2 aliphatic carbocycles. The highest BCUT2D eigenvalue weighted by Crippen LogP contribution is 2.37. The van der Waals surface area contributed by atoms with E-state index in [0.29, 0.717) is 6.04 Å². The summed E-state index contributed by atoms with van der Waals surface area (Å²) < 4.78 is 6.80. The number of rotatable bonds is 7. The van der Waals surface area contributed by atoms with Crippen LogP contribution < -0.4 is 5.32 Å². The fourth-order valence-corrected chi connectivity index (χ4v) is 2.93. The van der Waals surface area contributed by atoms with E-state index in [1.807, 2.05) is 0 Å². The van der Waals surface area contributed by atoms with Gasteiger partial charge in [0.15, 0.2) is 0 Å². The Morgan fingerprint density at radius 2 is 1.89 bits per heavy atom. The van der Waals surface area contributed by atoms with Gasteiger partial charge in [-0.2, -0.15) is 0 Å². The van der Waals surface area contributed by atoms with E-state index in [2.05, 4.69) is 45.5 Å². The van der Waals surface area contributed by atoms with E-state index in [4.69, 9.17) is 4.74 Å². The minimum absolute atomic E-state index is 0.693. The number of hydrogen-bond donors (Lipinski definition) is 1. The third-order valence-corrected chi connectivity index (χ3v) is 4.74. The maximum atomic E-state index is 5.63. The Morgan fingerprint density at radius 1 is 1.16 bits per heavy atom. The normalized spacial score (nSPS) is 26.2. The Balaban J connectivity index is 1.28. The Hall–Kier alpha value is -0.380. The van der Waals surface area contributed by atoms with Crippen molar-refractivity contribution >= 4 is 15.9 Å². The van der Waals surface area contributed by atoms with Gasteiger partial charge in [-0.25, -0.2) is 0 Å². The molecule has 2 fully saturated rings. The molecule has 0 spiro atoms. The number of hydrogen-bond acceptors (Lipinski definition) is 2. The minimum Gasteiger partial charge on any atom is -0.380 e. The highest BCUT2D eigenvalue weighted by Gasteiger charge is 2.29. The van der Waals surface area contributed by atoms with Gasteiger partial charge < -0.3 is 10.1 Å². The summed E-state index contributed by atoms with van der Waals surface area (Å²) in [5, 5.41) is 3.59. The summed E-state index contributed by atoms with van der Waals surface area (Å²) in [7, 11) is 0. The van der Waals surface area contributed by atoms with Crippen molar-refractivity contribution in [3.8, 4) is 0 Å². The molecule has 0 heterocycles.